The number of aryl methyl sites for hydroxylation is 2. The van der Waals surface area contributed by atoms with Crippen molar-refractivity contribution >= 4 is 11.0 Å². The maximum atomic E-state index is 14.0. The Morgan fingerprint density at radius 3 is 2.67 bits per heavy atom. The minimum Gasteiger partial charge on any atom is -0.507 e. The molecule has 3 aromatic rings. The molecular weight excluding hydrogens is 435 g/mol. The molecule has 1 N–H and O–H groups in total. The number of benzene rings is 2. The predicted octanol–water partition coefficient (Wildman–Crippen LogP) is 6.16. The molecule has 5 nitrogen and oxygen atoms in total. The molecule has 1 fully saturated rings. The van der Waals surface area contributed by atoms with Crippen molar-refractivity contribution in [1.82, 2.24) is 4.90 Å². The van der Waals surface area contributed by atoms with Gasteiger partial charge in [-0.05, 0) is 68.5 Å². The fourth-order valence-corrected chi connectivity index (χ4v) is 4.30. The van der Waals surface area contributed by atoms with Gasteiger partial charge in [-0.3, -0.25) is 9.69 Å². The predicted molar refractivity (Wildman–Crippen MR) is 119 cm³/mol. The van der Waals surface area contributed by atoms with E-state index in [2.05, 4.69) is 11.8 Å². The fourth-order valence-electron chi connectivity index (χ4n) is 4.30. The number of alkyl halides is 3. The van der Waals surface area contributed by atoms with Crippen LogP contribution < -0.4 is 10.2 Å². The monoisotopic (exact) mass is 461 g/mol. The van der Waals surface area contributed by atoms with Crippen molar-refractivity contribution in [3.05, 3.63) is 63.0 Å². The first-order valence-corrected chi connectivity index (χ1v) is 10.9. The van der Waals surface area contributed by atoms with Gasteiger partial charge >= 0.3 is 6.18 Å². The van der Waals surface area contributed by atoms with E-state index >= 15 is 0 Å². The lowest BCUT2D eigenvalue weighted by molar-refractivity contribution is -0.154. The van der Waals surface area contributed by atoms with Crippen LogP contribution in [0.1, 0.15) is 42.2 Å². The van der Waals surface area contributed by atoms with E-state index in [0.717, 1.165) is 31.5 Å². The molecule has 4 rings (SSSR count). The number of rotatable bonds is 4. The highest BCUT2D eigenvalue weighted by molar-refractivity contribution is 5.83. The second-order valence-corrected chi connectivity index (χ2v) is 8.88. The molecule has 0 saturated carbocycles. The number of nitrogens with zero attached hydrogens (tertiary/aromatic N) is 1. The number of phenols is 1. The van der Waals surface area contributed by atoms with Gasteiger partial charge in [-0.2, -0.15) is 13.2 Å². The molecule has 0 unspecified atom stereocenters. The van der Waals surface area contributed by atoms with Crippen LogP contribution in [0, 0.1) is 19.8 Å². The standard InChI is InChI=1S/C25H26F3NO4/c1-14-6-7-16(3)20(11-14)32-23-21(31)17-8-9-19(30)18(13-29-10-4-5-15(2)12-29)22(17)33-24(23)25(26,27)28/h6-9,11,15,30H,4-5,10,12-13H2,1-3H3/t15-/m0/s1. The Kier molecular flexibility index (Phi) is 6.14. The zero-order valence-electron chi connectivity index (χ0n) is 18.8. The summed E-state index contributed by atoms with van der Waals surface area (Å²) in [5.41, 5.74) is 0.329. The smallest absolute Gasteiger partial charge is 0.453 e. The molecule has 176 valence electrons. The van der Waals surface area contributed by atoms with Gasteiger partial charge in [0.25, 0.3) is 5.76 Å². The van der Waals surface area contributed by atoms with Crippen LogP contribution in [0.25, 0.3) is 11.0 Å². The lowest BCUT2D eigenvalue weighted by Gasteiger charge is -2.31. The number of phenolic OH excluding ortho intramolecular Hbond substituents is 1. The van der Waals surface area contributed by atoms with Crippen molar-refractivity contribution in [3.63, 3.8) is 0 Å². The number of ether oxygens (including phenoxy) is 1. The third-order valence-electron chi connectivity index (χ3n) is 6.03. The Labute approximate surface area is 189 Å². The highest BCUT2D eigenvalue weighted by Gasteiger charge is 2.41. The first-order valence-electron chi connectivity index (χ1n) is 10.9. The number of hydrogen-bond acceptors (Lipinski definition) is 5. The summed E-state index contributed by atoms with van der Waals surface area (Å²) >= 11 is 0. The molecule has 0 amide bonds. The second-order valence-electron chi connectivity index (χ2n) is 8.88. The number of halogens is 3. The summed E-state index contributed by atoms with van der Waals surface area (Å²) in [6, 6.07) is 7.66. The van der Waals surface area contributed by atoms with Crippen LogP contribution in [0.15, 0.2) is 39.5 Å². The van der Waals surface area contributed by atoms with E-state index in [1.54, 1.807) is 32.0 Å². The summed E-state index contributed by atoms with van der Waals surface area (Å²) in [6.07, 6.45) is -2.94. The van der Waals surface area contributed by atoms with Crippen molar-refractivity contribution in [2.75, 3.05) is 13.1 Å². The van der Waals surface area contributed by atoms with Gasteiger partial charge in [0.15, 0.2) is 0 Å². The van der Waals surface area contributed by atoms with E-state index < -0.39 is 23.1 Å². The Morgan fingerprint density at radius 2 is 1.97 bits per heavy atom. The fraction of sp³-hybridized carbons (Fsp3) is 0.400. The molecule has 0 bridgehead atoms. The van der Waals surface area contributed by atoms with E-state index in [0.29, 0.717) is 11.5 Å². The Bertz CT molecular complexity index is 1250. The summed E-state index contributed by atoms with van der Waals surface area (Å²) < 4.78 is 52.8. The molecule has 33 heavy (non-hydrogen) atoms. The topological polar surface area (TPSA) is 62.9 Å². The second kappa shape index (κ2) is 8.74. The normalized spacial score (nSPS) is 17.5. The molecule has 0 aliphatic carbocycles. The van der Waals surface area contributed by atoms with Crippen LogP contribution in [0.2, 0.25) is 0 Å². The van der Waals surface area contributed by atoms with Crippen molar-refractivity contribution in [2.45, 2.75) is 46.3 Å². The zero-order chi connectivity index (χ0) is 23.9. The first-order chi connectivity index (χ1) is 15.5. The molecule has 1 saturated heterocycles. The largest absolute Gasteiger partial charge is 0.507 e. The van der Waals surface area contributed by atoms with Gasteiger partial charge in [0, 0.05) is 13.1 Å². The first kappa shape index (κ1) is 23.2. The van der Waals surface area contributed by atoms with Crippen LogP contribution in [0.4, 0.5) is 13.2 Å². The van der Waals surface area contributed by atoms with Crippen molar-refractivity contribution in [3.8, 4) is 17.2 Å². The lowest BCUT2D eigenvalue weighted by Crippen LogP contribution is -2.33. The van der Waals surface area contributed by atoms with Crippen molar-refractivity contribution in [1.29, 1.82) is 0 Å². The molecule has 1 aliphatic heterocycles. The van der Waals surface area contributed by atoms with Gasteiger partial charge < -0.3 is 14.3 Å². The van der Waals surface area contributed by atoms with Gasteiger partial charge in [-0.25, -0.2) is 0 Å². The minimum atomic E-state index is -4.97. The summed E-state index contributed by atoms with van der Waals surface area (Å²) in [5.74, 6) is -2.05. The van der Waals surface area contributed by atoms with Crippen LogP contribution in [0.5, 0.6) is 17.2 Å². The molecule has 1 aliphatic rings. The van der Waals surface area contributed by atoms with Gasteiger partial charge in [0.05, 0.1) is 10.9 Å². The Morgan fingerprint density at radius 1 is 1.21 bits per heavy atom. The highest BCUT2D eigenvalue weighted by Crippen LogP contribution is 2.40. The van der Waals surface area contributed by atoms with Crippen LogP contribution >= 0.6 is 0 Å². The summed E-state index contributed by atoms with van der Waals surface area (Å²) in [7, 11) is 0. The third kappa shape index (κ3) is 4.71. The van der Waals surface area contributed by atoms with Crippen LogP contribution in [-0.4, -0.2) is 23.1 Å². The molecule has 1 atom stereocenters. The molecule has 2 aromatic carbocycles. The van der Waals surface area contributed by atoms with E-state index in [-0.39, 0.29) is 34.6 Å². The number of likely N-dealkylation sites (tertiary alicyclic amines) is 1. The van der Waals surface area contributed by atoms with E-state index in [1.165, 1.54) is 12.1 Å². The zero-order valence-corrected chi connectivity index (χ0v) is 18.8. The SMILES string of the molecule is Cc1ccc(C)c(Oc2c(C(F)(F)F)oc3c(CN4CCC[C@H](C)C4)c(O)ccc3c2=O)c1. The molecule has 0 radical (unpaired) electrons. The number of aromatic hydroxyl groups is 1. The maximum Gasteiger partial charge on any atom is 0.453 e. The number of hydrogen-bond donors (Lipinski definition) is 1. The summed E-state index contributed by atoms with van der Waals surface area (Å²) in [4.78, 5) is 15.3. The number of piperidine rings is 1. The summed E-state index contributed by atoms with van der Waals surface area (Å²) in [5, 5.41) is 10.4. The van der Waals surface area contributed by atoms with Gasteiger partial charge in [-0.15, -0.1) is 0 Å². The molecule has 8 heteroatoms. The van der Waals surface area contributed by atoms with E-state index in [9.17, 15) is 23.1 Å². The van der Waals surface area contributed by atoms with Gasteiger partial charge in [-0.1, -0.05) is 19.1 Å². The lowest BCUT2D eigenvalue weighted by atomic mass is 9.99. The molecule has 1 aromatic heterocycles. The molecular formula is C25H26F3NO4. The van der Waals surface area contributed by atoms with Crippen molar-refractivity contribution in [2.24, 2.45) is 5.92 Å². The van der Waals surface area contributed by atoms with Crippen LogP contribution in [0.3, 0.4) is 0 Å². The van der Waals surface area contributed by atoms with Crippen LogP contribution in [-0.2, 0) is 12.7 Å². The quantitative estimate of drug-likeness (QED) is 0.504. The highest BCUT2D eigenvalue weighted by atomic mass is 19.4. The van der Waals surface area contributed by atoms with Gasteiger partial charge in [0.1, 0.15) is 17.1 Å². The molecule has 0 spiro atoms. The van der Waals surface area contributed by atoms with E-state index in [1.807, 2.05) is 0 Å². The van der Waals surface area contributed by atoms with E-state index in [4.69, 9.17) is 9.15 Å². The number of fused-ring (bicyclic) bond motifs is 1. The average Bonchev–Trinajstić information content (AvgIpc) is 2.73. The average molecular weight is 461 g/mol. The Balaban J connectivity index is 1.88. The minimum absolute atomic E-state index is 0.0684. The third-order valence-corrected chi connectivity index (χ3v) is 6.03. The van der Waals surface area contributed by atoms with Gasteiger partial charge in [0.2, 0.25) is 11.2 Å². The Hall–Kier alpha value is -3.00. The molecule has 2 heterocycles. The summed E-state index contributed by atoms with van der Waals surface area (Å²) in [6.45, 7) is 7.25. The maximum absolute atomic E-state index is 14.0. The van der Waals surface area contributed by atoms with Crippen molar-refractivity contribution < 1.29 is 27.4 Å².